The molecule has 1 heterocycles. The molecule has 0 amide bonds. The van der Waals surface area contributed by atoms with Crippen LogP contribution in [-0.2, 0) is 25.5 Å². The quantitative estimate of drug-likeness (QED) is 0.372. The van der Waals surface area contributed by atoms with Crippen molar-refractivity contribution in [1.82, 2.24) is 5.32 Å². The zero-order valence-corrected chi connectivity index (χ0v) is 20.9. The van der Waals surface area contributed by atoms with Gasteiger partial charge in [0.15, 0.2) is 0 Å². The van der Waals surface area contributed by atoms with E-state index in [1.54, 1.807) is 32.0 Å². The lowest BCUT2D eigenvalue weighted by atomic mass is 9.80. The molecule has 186 valence electrons. The van der Waals surface area contributed by atoms with Gasteiger partial charge in [-0.15, -0.1) is 0 Å². The molecule has 2 aromatic rings. The third kappa shape index (κ3) is 6.65. The van der Waals surface area contributed by atoms with Gasteiger partial charge in [0.2, 0.25) is 0 Å². The highest BCUT2D eigenvalue weighted by atomic mass is 35.5. The van der Waals surface area contributed by atoms with Gasteiger partial charge in [0.1, 0.15) is 5.75 Å². The van der Waals surface area contributed by atoms with Gasteiger partial charge in [-0.3, -0.25) is 0 Å². The molecule has 1 aliphatic heterocycles. The van der Waals surface area contributed by atoms with Crippen LogP contribution in [0.2, 0.25) is 5.02 Å². The lowest BCUT2D eigenvalue weighted by Crippen LogP contribution is -2.32. The summed E-state index contributed by atoms with van der Waals surface area (Å²) in [4.78, 5) is 25.8. The fourth-order valence-corrected chi connectivity index (χ4v) is 4.24. The molecule has 0 spiro atoms. The Labute approximate surface area is 210 Å². The Bertz CT molecular complexity index is 1120. The van der Waals surface area contributed by atoms with E-state index >= 15 is 0 Å². The fourth-order valence-electron chi connectivity index (χ4n) is 4.04. The lowest BCUT2D eigenvalue weighted by Gasteiger charge is -2.30. The average Bonchev–Trinajstić information content (AvgIpc) is 2.84. The Morgan fingerprint density at radius 1 is 1.00 bits per heavy atom. The van der Waals surface area contributed by atoms with Gasteiger partial charge >= 0.3 is 11.9 Å². The first-order valence-electron chi connectivity index (χ1n) is 11.4. The highest BCUT2D eigenvalue weighted by Crippen LogP contribution is 2.39. The zero-order valence-electron chi connectivity index (χ0n) is 20.1. The molecule has 1 aliphatic rings. The summed E-state index contributed by atoms with van der Waals surface area (Å²) < 4.78 is 16.3. The Morgan fingerprint density at radius 2 is 1.69 bits per heavy atom. The van der Waals surface area contributed by atoms with Gasteiger partial charge in [-0.2, -0.15) is 0 Å². The average molecular weight is 500 g/mol. The summed E-state index contributed by atoms with van der Waals surface area (Å²) in [6.07, 6.45) is 1.09. The summed E-state index contributed by atoms with van der Waals surface area (Å²) in [5.74, 6) is -1.03. The van der Waals surface area contributed by atoms with Gasteiger partial charge in [-0.05, 0) is 55.7 Å². The molecule has 35 heavy (non-hydrogen) atoms. The van der Waals surface area contributed by atoms with Gasteiger partial charge < -0.3 is 24.6 Å². The second kappa shape index (κ2) is 12.4. The number of benzene rings is 2. The molecule has 0 radical (unpaired) electrons. The van der Waals surface area contributed by atoms with Crippen molar-refractivity contribution in [3.63, 3.8) is 0 Å². The van der Waals surface area contributed by atoms with Gasteiger partial charge in [0, 0.05) is 29.4 Å². The summed E-state index contributed by atoms with van der Waals surface area (Å²) in [6, 6.07) is 14.6. The number of hydrogen-bond acceptors (Lipinski definition) is 7. The van der Waals surface area contributed by atoms with Crippen molar-refractivity contribution in [3.8, 4) is 5.75 Å². The molecule has 0 saturated carbocycles. The SMILES string of the molecule is COC(=O)C1=C(C)NC(C)=C(C(=O)OCCCOc2ccc(CCO)cc2)C1c1cccc(Cl)c1. The Hall–Kier alpha value is -3.29. The molecule has 1 atom stereocenters. The molecule has 7 nitrogen and oxygen atoms in total. The minimum Gasteiger partial charge on any atom is -0.493 e. The van der Waals surface area contributed by atoms with E-state index in [4.69, 9.17) is 30.9 Å². The fraction of sp³-hybridized carbons (Fsp3) is 0.333. The number of allylic oxidation sites excluding steroid dienone is 2. The summed E-state index contributed by atoms with van der Waals surface area (Å²) in [6.45, 7) is 4.16. The maximum absolute atomic E-state index is 13.2. The molecule has 2 aromatic carbocycles. The van der Waals surface area contributed by atoms with Gasteiger partial charge in [0.25, 0.3) is 0 Å². The van der Waals surface area contributed by atoms with Crippen LogP contribution in [0, 0.1) is 0 Å². The van der Waals surface area contributed by atoms with E-state index in [9.17, 15) is 9.59 Å². The highest BCUT2D eigenvalue weighted by Gasteiger charge is 2.37. The maximum Gasteiger partial charge on any atom is 0.336 e. The second-order valence-electron chi connectivity index (χ2n) is 8.14. The number of halogens is 1. The van der Waals surface area contributed by atoms with Crippen molar-refractivity contribution < 1.29 is 28.9 Å². The van der Waals surface area contributed by atoms with Crippen molar-refractivity contribution in [2.75, 3.05) is 26.9 Å². The molecule has 2 N–H and O–H groups in total. The highest BCUT2D eigenvalue weighted by molar-refractivity contribution is 6.30. The number of aliphatic hydroxyl groups is 1. The lowest BCUT2D eigenvalue weighted by molar-refractivity contribution is -0.139. The number of aliphatic hydroxyl groups excluding tert-OH is 1. The Morgan fingerprint density at radius 3 is 2.31 bits per heavy atom. The monoisotopic (exact) mass is 499 g/mol. The number of esters is 2. The van der Waals surface area contributed by atoms with Crippen molar-refractivity contribution in [3.05, 3.63) is 87.2 Å². The first kappa shape index (κ1) is 26.3. The second-order valence-corrected chi connectivity index (χ2v) is 8.57. The summed E-state index contributed by atoms with van der Waals surface area (Å²) >= 11 is 6.21. The van der Waals surface area contributed by atoms with Crippen LogP contribution in [0.1, 0.15) is 37.3 Å². The third-order valence-corrected chi connectivity index (χ3v) is 5.92. The van der Waals surface area contributed by atoms with Gasteiger partial charge in [-0.25, -0.2) is 9.59 Å². The standard InChI is InChI=1S/C27H30ClNO6/c1-17-23(26(31)33-3)25(20-6-4-7-21(28)16-20)24(18(2)29-17)27(32)35-15-5-14-34-22-10-8-19(9-11-22)12-13-30/h4,6-11,16,25,29-30H,5,12-15H2,1-3H3. The van der Waals surface area contributed by atoms with E-state index in [-0.39, 0.29) is 13.2 Å². The van der Waals surface area contributed by atoms with Crippen molar-refractivity contribution in [2.45, 2.75) is 32.6 Å². The minimum atomic E-state index is -0.677. The number of nitrogens with one attached hydrogen (secondary N) is 1. The van der Waals surface area contributed by atoms with Crippen LogP contribution in [0.15, 0.2) is 71.1 Å². The molecule has 0 bridgehead atoms. The van der Waals surface area contributed by atoms with Crippen LogP contribution < -0.4 is 10.1 Å². The first-order chi connectivity index (χ1) is 16.8. The van der Waals surface area contributed by atoms with E-state index in [0.717, 1.165) is 5.56 Å². The molecular weight excluding hydrogens is 470 g/mol. The third-order valence-electron chi connectivity index (χ3n) is 5.68. The first-order valence-corrected chi connectivity index (χ1v) is 11.8. The molecule has 0 saturated heterocycles. The number of carbonyl (C=O) groups excluding carboxylic acids is 2. The molecule has 0 fully saturated rings. The number of dihydropyridines is 1. The molecule has 1 unspecified atom stereocenters. The Balaban J connectivity index is 1.68. The predicted octanol–water partition coefficient (Wildman–Crippen LogP) is 4.29. The van der Waals surface area contributed by atoms with Crippen LogP contribution in [0.4, 0.5) is 0 Å². The van der Waals surface area contributed by atoms with Crippen molar-refractivity contribution in [1.29, 1.82) is 0 Å². The molecule has 0 aliphatic carbocycles. The predicted molar refractivity (Wildman–Crippen MR) is 133 cm³/mol. The van der Waals surface area contributed by atoms with Crippen LogP contribution in [0.3, 0.4) is 0 Å². The largest absolute Gasteiger partial charge is 0.493 e. The van der Waals surface area contributed by atoms with E-state index in [2.05, 4.69) is 5.32 Å². The van der Waals surface area contributed by atoms with E-state index in [1.165, 1.54) is 7.11 Å². The number of methoxy groups -OCH3 is 1. The molecule has 8 heteroatoms. The van der Waals surface area contributed by atoms with Gasteiger partial charge in [0.05, 0.1) is 37.4 Å². The van der Waals surface area contributed by atoms with E-state index in [1.807, 2.05) is 30.3 Å². The van der Waals surface area contributed by atoms with E-state index in [0.29, 0.717) is 58.3 Å². The minimum absolute atomic E-state index is 0.103. The number of ether oxygens (including phenoxy) is 3. The topological polar surface area (TPSA) is 94.1 Å². The maximum atomic E-state index is 13.2. The summed E-state index contributed by atoms with van der Waals surface area (Å²) in [5, 5.41) is 12.6. The molecule has 3 rings (SSSR count). The van der Waals surface area contributed by atoms with E-state index < -0.39 is 17.9 Å². The normalized spacial score (nSPS) is 15.5. The number of rotatable bonds is 10. The zero-order chi connectivity index (χ0) is 25.4. The Kier molecular flexibility index (Phi) is 9.34. The summed E-state index contributed by atoms with van der Waals surface area (Å²) in [7, 11) is 1.31. The number of carbonyl (C=O) groups is 2. The van der Waals surface area contributed by atoms with Crippen molar-refractivity contribution in [2.24, 2.45) is 0 Å². The molecular formula is C27H30ClNO6. The van der Waals surface area contributed by atoms with Gasteiger partial charge in [-0.1, -0.05) is 35.9 Å². The van der Waals surface area contributed by atoms with Crippen LogP contribution in [0.25, 0.3) is 0 Å². The van der Waals surface area contributed by atoms with Crippen LogP contribution >= 0.6 is 11.6 Å². The van der Waals surface area contributed by atoms with Crippen molar-refractivity contribution >= 4 is 23.5 Å². The summed E-state index contributed by atoms with van der Waals surface area (Å²) in [5.41, 5.74) is 3.60. The molecule has 0 aromatic heterocycles. The van der Waals surface area contributed by atoms with Crippen LogP contribution in [0.5, 0.6) is 5.75 Å². The smallest absolute Gasteiger partial charge is 0.336 e. The number of hydrogen-bond donors (Lipinski definition) is 2. The van der Waals surface area contributed by atoms with Crippen LogP contribution in [-0.4, -0.2) is 44.0 Å².